The Balaban J connectivity index is 1.64. The maximum absolute atomic E-state index is 14.1. The first-order valence-electron chi connectivity index (χ1n) is 8.96. The number of aromatic nitrogens is 1. The zero-order chi connectivity index (χ0) is 19.7. The van der Waals surface area contributed by atoms with Crippen molar-refractivity contribution in [2.45, 2.75) is 19.8 Å². The van der Waals surface area contributed by atoms with Crippen LogP contribution in [0.5, 0.6) is 0 Å². The molecule has 4 rings (SSSR count). The molecule has 0 spiro atoms. The van der Waals surface area contributed by atoms with E-state index in [4.69, 9.17) is 0 Å². The van der Waals surface area contributed by atoms with Gasteiger partial charge in [0, 0.05) is 30.1 Å². The van der Waals surface area contributed by atoms with Gasteiger partial charge in [-0.1, -0.05) is 18.2 Å². The third-order valence-electron chi connectivity index (χ3n) is 4.63. The maximum Gasteiger partial charge on any atom is 0.261 e. The van der Waals surface area contributed by atoms with Crippen molar-refractivity contribution in [2.24, 2.45) is 0 Å². The quantitative estimate of drug-likeness (QED) is 0.710. The Kier molecular flexibility index (Phi) is 4.92. The molecule has 0 atom stereocenters. The first-order chi connectivity index (χ1) is 13.5. The molecule has 28 heavy (non-hydrogen) atoms. The van der Waals surface area contributed by atoms with Gasteiger partial charge in [-0.25, -0.2) is 9.37 Å². The minimum Gasteiger partial charge on any atom is -0.308 e. The molecular weight excluding hydrogens is 377 g/mol. The number of amides is 2. The van der Waals surface area contributed by atoms with Gasteiger partial charge in [0.25, 0.3) is 5.91 Å². The molecule has 3 aromatic rings. The predicted molar refractivity (Wildman–Crippen MR) is 108 cm³/mol. The van der Waals surface area contributed by atoms with Crippen LogP contribution in [0.1, 0.15) is 29.3 Å². The Labute approximate surface area is 165 Å². The van der Waals surface area contributed by atoms with Crippen molar-refractivity contribution < 1.29 is 14.0 Å². The Morgan fingerprint density at radius 1 is 1.21 bits per heavy atom. The Hall–Kier alpha value is -3.06. The number of thiazole rings is 1. The van der Waals surface area contributed by atoms with E-state index in [0.29, 0.717) is 11.7 Å². The van der Waals surface area contributed by atoms with Crippen LogP contribution in [0.15, 0.2) is 47.8 Å². The van der Waals surface area contributed by atoms with Crippen molar-refractivity contribution in [2.75, 3.05) is 16.8 Å². The van der Waals surface area contributed by atoms with Gasteiger partial charge in [-0.15, -0.1) is 11.3 Å². The SMILES string of the molecule is CC(=O)Nc1nc(-c2ccc3c(c2)CCCN3C(=O)c2ccccc2F)cs1. The molecule has 2 amide bonds. The lowest BCUT2D eigenvalue weighted by Gasteiger charge is -2.30. The first-order valence-corrected chi connectivity index (χ1v) is 9.83. The molecular formula is C21H18FN3O2S. The fraction of sp³-hybridized carbons (Fsp3) is 0.190. The van der Waals surface area contributed by atoms with Crippen LogP contribution in [0, 0.1) is 5.82 Å². The molecule has 142 valence electrons. The smallest absolute Gasteiger partial charge is 0.261 e. The van der Waals surface area contributed by atoms with E-state index in [1.54, 1.807) is 17.0 Å². The number of hydrogen-bond acceptors (Lipinski definition) is 4. The fourth-order valence-electron chi connectivity index (χ4n) is 3.36. The number of halogens is 1. The van der Waals surface area contributed by atoms with E-state index in [0.717, 1.165) is 35.3 Å². The van der Waals surface area contributed by atoms with E-state index in [1.807, 2.05) is 23.6 Å². The van der Waals surface area contributed by atoms with Gasteiger partial charge >= 0.3 is 0 Å². The summed E-state index contributed by atoms with van der Waals surface area (Å²) < 4.78 is 14.1. The molecule has 0 saturated heterocycles. The summed E-state index contributed by atoms with van der Waals surface area (Å²) in [6, 6.07) is 11.9. The van der Waals surface area contributed by atoms with Gasteiger partial charge in [0.05, 0.1) is 11.3 Å². The van der Waals surface area contributed by atoms with Crippen molar-refractivity contribution in [3.8, 4) is 11.3 Å². The molecule has 1 aromatic heterocycles. The number of aryl methyl sites for hydroxylation is 1. The number of rotatable bonds is 3. The molecule has 1 aliphatic heterocycles. The summed E-state index contributed by atoms with van der Waals surface area (Å²) in [6.07, 6.45) is 1.65. The summed E-state index contributed by atoms with van der Waals surface area (Å²) in [7, 11) is 0. The second-order valence-corrected chi connectivity index (χ2v) is 7.46. The number of carbonyl (C=O) groups excluding carboxylic acids is 2. The summed E-state index contributed by atoms with van der Waals surface area (Å²) in [5, 5.41) is 5.12. The monoisotopic (exact) mass is 395 g/mol. The van der Waals surface area contributed by atoms with Crippen molar-refractivity contribution in [3.05, 3.63) is 64.8 Å². The van der Waals surface area contributed by atoms with Gasteiger partial charge in [0.2, 0.25) is 5.91 Å². The molecule has 2 heterocycles. The average molecular weight is 395 g/mol. The Morgan fingerprint density at radius 3 is 2.82 bits per heavy atom. The highest BCUT2D eigenvalue weighted by molar-refractivity contribution is 7.14. The third kappa shape index (κ3) is 3.53. The highest BCUT2D eigenvalue weighted by Crippen LogP contribution is 2.33. The van der Waals surface area contributed by atoms with Gasteiger partial charge in [-0.2, -0.15) is 0 Å². The Bertz CT molecular complexity index is 1060. The second-order valence-electron chi connectivity index (χ2n) is 6.60. The van der Waals surface area contributed by atoms with Crippen LogP contribution in [0.25, 0.3) is 11.3 Å². The molecule has 2 aromatic carbocycles. The van der Waals surface area contributed by atoms with E-state index >= 15 is 0 Å². The zero-order valence-corrected chi connectivity index (χ0v) is 16.1. The van der Waals surface area contributed by atoms with Crippen molar-refractivity contribution in [1.82, 2.24) is 4.98 Å². The van der Waals surface area contributed by atoms with Gasteiger partial charge in [0.15, 0.2) is 5.13 Å². The zero-order valence-electron chi connectivity index (χ0n) is 15.2. The number of anilines is 2. The Morgan fingerprint density at radius 2 is 2.04 bits per heavy atom. The van der Waals surface area contributed by atoms with E-state index in [1.165, 1.54) is 30.4 Å². The van der Waals surface area contributed by atoms with Crippen molar-refractivity contribution in [3.63, 3.8) is 0 Å². The van der Waals surface area contributed by atoms with Crippen LogP contribution in [0.2, 0.25) is 0 Å². The molecule has 1 N–H and O–H groups in total. The van der Waals surface area contributed by atoms with E-state index in [-0.39, 0.29) is 17.4 Å². The molecule has 0 fully saturated rings. The van der Waals surface area contributed by atoms with Crippen LogP contribution in [-0.2, 0) is 11.2 Å². The van der Waals surface area contributed by atoms with E-state index < -0.39 is 5.82 Å². The minimum absolute atomic E-state index is 0.0823. The molecule has 5 nitrogen and oxygen atoms in total. The number of carbonyl (C=O) groups is 2. The normalized spacial score (nSPS) is 13.1. The summed E-state index contributed by atoms with van der Waals surface area (Å²) in [5.74, 6) is -0.994. The molecule has 0 bridgehead atoms. The topological polar surface area (TPSA) is 62.3 Å². The maximum atomic E-state index is 14.1. The molecule has 0 unspecified atom stereocenters. The summed E-state index contributed by atoms with van der Waals surface area (Å²) in [6.45, 7) is 2.00. The van der Waals surface area contributed by atoms with E-state index in [2.05, 4.69) is 10.3 Å². The highest BCUT2D eigenvalue weighted by atomic mass is 32.1. The van der Waals surface area contributed by atoms with Gasteiger partial charge in [-0.3, -0.25) is 9.59 Å². The van der Waals surface area contributed by atoms with Crippen LogP contribution >= 0.6 is 11.3 Å². The number of fused-ring (bicyclic) bond motifs is 1. The van der Waals surface area contributed by atoms with Crippen LogP contribution in [0.3, 0.4) is 0 Å². The van der Waals surface area contributed by atoms with Crippen LogP contribution in [-0.4, -0.2) is 23.3 Å². The second kappa shape index (κ2) is 7.52. The highest BCUT2D eigenvalue weighted by Gasteiger charge is 2.25. The standard InChI is InChI=1S/C21H18FN3O2S/c1-13(26)23-21-24-18(12-28-21)14-8-9-19-15(11-14)5-4-10-25(19)20(27)16-6-2-3-7-17(16)22/h2-3,6-9,11-12H,4-5,10H2,1H3,(H,23,24,26). The van der Waals surface area contributed by atoms with Gasteiger partial charge in [-0.05, 0) is 42.7 Å². The summed E-state index contributed by atoms with van der Waals surface area (Å²) >= 11 is 1.37. The van der Waals surface area contributed by atoms with Crippen molar-refractivity contribution >= 4 is 34.0 Å². The van der Waals surface area contributed by atoms with Gasteiger partial charge in [0.1, 0.15) is 5.82 Å². The molecule has 0 saturated carbocycles. The van der Waals surface area contributed by atoms with Gasteiger partial charge < -0.3 is 10.2 Å². The number of benzene rings is 2. The van der Waals surface area contributed by atoms with Crippen LogP contribution < -0.4 is 10.2 Å². The number of nitrogens with one attached hydrogen (secondary N) is 1. The molecule has 7 heteroatoms. The summed E-state index contributed by atoms with van der Waals surface area (Å²) in [5.41, 5.74) is 3.61. The molecule has 0 aliphatic carbocycles. The predicted octanol–water partition coefficient (Wildman–Crippen LogP) is 4.50. The number of hydrogen-bond donors (Lipinski definition) is 1. The lowest BCUT2D eigenvalue weighted by atomic mass is 9.97. The summed E-state index contributed by atoms with van der Waals surface area (Å²) in [4.78, 5) is 30.1. The first kappa shape index (κ1) is 18.3. The lowest BCUT2D eigenvalue weighted by Crippen LogP contribution is -2.36. The molecule has 0 radical (unpaired) electrons. The lowest BCUT2D eigenvalue weighted by molar-refractivity contribution is -0.114. The molecule has 1 aliphatic rings. The largest absolute Gasteiger partial charge is 0.308 e. The van der Waals surface area contributed by atoms with Crippen molar-refractivity contribution in [1.29, 1.82) is 0 Å². The van der Waals surface area contributed by atoms with Crippen LogP contribution in [0.4, 0.5) is 15.2 Å². The third-order valence-corrected chi connectivity index (χ3v) is 5.39. The average Bonchev–Trinajstić information content (AvgIpc) is 3.14. The minimum atomic E-state index is -0.510. The van der Waals surface area contributed by atoms with E-state index in [9.17, 15) is 14.0 Å². The fourth-order valence-corrected chi connectivity index (χ4v) is 4.13. The number of nitrogens with zero attached hydrogens (tertiary/aromatic N) is 2.